The number of benzene rings is 1. The minimum absolute atomic E-state index is 0.0119. The largest absolute Gasteiger partial charge is 0.302 e. The smallest absolute Gasteiger partial charge is 0.270 e. The second-order valence-electron chi connectivity index (χ2n) is 4.51. The van der Waals surface area contributed by atoms with Gasteiger partial charge in [-0.3, -0.25) is 4.79 Å². The van der Waals surface area contributed by atoms with Gasteiger partial charge in [-0.15, -0.1) is 6.42 Å². The average molecular weight is 333 g/mol. The Morgan fingerprint density at radius 1 is 1.43 bits per heavy atom. The zero-order valence-electron chi connectivity index (χ0n) is 11.6. The molecule has 0 aliphatic rings. The molecule has 0 unspecified atom stereocenters. The van der Waals surface area contributed by atoms with Gasteiger partial charge in [-0.2, -0.15) is 10.1 Å². The summed E-state index contributed by atoms with van der Waals surface area (Å²) in [5, 5.41) is 3.80. The molecule has 6 nitrogen and oxygen atoms in total. The van der Waals surface area contributed by atoms with Crippen molar-refractivity contribution in [1.29, 1.82) is 0 Å². The number of aromatic nitrogens is 4. The van der Waals surface area contributed by atoms with E-state index in [4.69, 9.17) is 6.42 Å². The van der Waals surface area contributed by atoms with Crippen molar-refractivity contribution in [3.8, 4) is 12.3 Å². The molecule has 0 radical (unpaired) electrons. The van der Waals surface area contributed by atoms with Crippen LogP contribution in [0.2, 0.25) is 0 Å². The third-order valence-electron chi connectivity index (χ3n) is 2.93. The van der Waals surface area contributed by atoms with Gasteiger partial charge in [0.1, 0.15) is 25.0 Å². The number of halogens is 2. The summed E-state index contributed by atoms with van der Waals surface area (Å²) in [5.41, 5.74) is 0.127. The van der Waals surface area contributed by atoms with Crippen LogP contribution in [-0.4, -0.2) is 25.2 Å². The monoisotopic (exact) mass is 333 g/mol. The van der Waals surface area contributed by atoms with E-state index in [2.05, 4.69) is 21.0 Å². The maximum Gasteiger partial charge on any atom is 0.270 e. The fourth-order valence-corrected chi connectivity index (χ4v) is 3.13. The van der Waals surface area contributed by atoms with E-state index in [0.29, 0.717) is 4.70 Å². The van der Waals surface area contributed by atoms with Gasteiger partial charge in [-0.05, 0) is 6.07 Å². The first kappa shape index (κ1) is 15.1. The van der Waals surface area contributed by atoms with Gasteiger partial charge >= 0.3 is 0 Å². The molecule has 116 valence electrons. The fraction of sp³-hybridized carbons (Fsp3) is 0.143. The lowest BCUT2D eigenvalue weighted by molar-refractivity contribution is -0.118. The van der Waals surface area contributed by atoms with E-state index in [1.807, 2.05) is 0 Å². The molecule has 1 amide bonds. The van der Waals surface area contributed by atoms with Crippen LogP contribution in [0.5, 0.6) is 0 Å². The zero-order valence-corrected chi connectivity index (χ0v) is 12.4. The van der Waals surface area contributed by atoms with Gasteiger partial charge in [-0.25, -0.2) is 18.4 Å². The number of terminal acetylenes is 1. The van der Waals surface area contributed by atoms with Crippen molar-refractivity contribution < 1.29 is 13.6 Å². The Bertz CT molecular complexity index is 981. The maximum absolute atomic E-state index is 14.0. The van der Waals surface area contributed by atoms with Gasteiger partial charge in [0.2, 0.25) is 0 Å². The molecular weight excluding hydrogens is 324 g/mol. The van der Waals surface area contributed by atoms with Crippen molar-refractivity contribution in [3.05, 3.63) is 41.2 Å². The van der Waals surface area contributed by atoms with Gasteiger partial charge in [0, 0.05) is 6.07 Å². The molecule has 0 saturated heterocycles. The van der Waals surface area contributed by atoms with Crippen LogP contribution in [-0.2, 0) is 17.9 Å². The molecule has 2 aromatic heterocycles. The van der Waals surface area contributed by atoms with Crippen molar-refractivity contribution >= 4 is 27.5 Å². The molecular formula is C14H9F2N5OS. The molecule has 9 heteroatoms. The molecule has 0 atom stereocenters. The normalized spacial score (nSPS) is 11.8. The van der Waals surface area contributed by atoms with Crippen molar-refractivity contribution in [3.63, 3.8) is 0 Å². The van der Waals surface area contributed by atoms with Gasteiger partial charge in [0.15, 0.2) is 10.6 Å². The highest BCUT2D eigenvalue weighted by atomic mass is 32.1. The number of carbonyl (C=O) groups is 1. The number of nitrogens with zero attached hydrogens (tertiary/aromatic N) is 5. The predicted molar refractivity (Wildman–Crippen MR) is 79.2 cm³/mol. The lowest BCUT2D eigenvalue weighted by atomic mass is 10.3. The van der Waals surface area contributed by atoms with E-state index in [1.165, 1.54) is 28.0 Å². The number of hydrogen-bond donors (Lipinski definition) is 0. The van der Waals surface area contributed by atoms with Crippen LogP contribution >= 0.6 is 11.3 Å². The summed E-state index contributed by atoms with van der Waals surface area (Å²) < 4.78 is 30.4. The Hall–Kier alpha value is -2.86. The molecule has 0 aliphatic heterocycles. The molecule has 0 fully saturated rings. The minimum atomic E-state index is -0.753. The second-order valence-corrected chi connectivity index (χ2v) is 5.52. The first-order valence-corrected chi connectivity index (χ1v) is 7.22. The van der Waals surface area contributed by atoms with E-state index < -0.39 is 17.5 Å². The van der Waals surface area contributed by atoms with Crippen LogP contribution in [0.1, 0.15) is 0 Å². The van der Waals surface area contributed by atoms with Gasteiger partial charge < -0.3 is 4.57 Å². The van der Waals surface area contributed by atoms with Crippen molar-refractivity contribution in [2.45, 2.75) is 13.1 Å². The first-order chi connectivity index (χ1) is 11.1. The Morgan fingerprint density at radius 3 is 2.96 bits per heavy atom. The highest BCUT2D eigenvalue weighted by Gasteiger charge is 2.13. The second kappa shape index (κ2) is 6.10. The molecule has 3 rings (SSSR count). The minimum Gasteiger partial charge on any atom is -0.302 e. The van der Waals surface area contributed by atoms with Crippen LogP contribution in [0.25, 0.3) is 10.2 Å². The topological polar surface area (TPSA) is 65.1 Å². The maximum atomic E-state index is 14.0. The molecule has 23 heavy (non-hydrogen) atoms. The molecule has 0 saturated carbocycles. The molecule has 0 N–H and O–H groups in total. The highest BCUT2D eigenvalue weighted by Crippen LogP contribution is 2.22. The van der Waals surface area contributed by atoms with E-state index in [1.54, 1.807) is 0 Å². The number of hydrogen-bond acceptors (Lipinski definition) is 4. The summed E-state index contributed by atoms with van der Waals surface area (Å²) in [7, 11) is 0. The van der Waals surface area contributed by atoms with Crippen LogP contribution in [0, 0.1) is 24.0 Å². The van der Waals surface area contributed by atoms with Gasteiger partial charge in [0.05, 0.1) is 16.8 Å². The average Bonchev–Trinajstić information content (AvgIpc) is 3.08. The zero-order chi connectivity index (χ0) is 16.4. The van der Waals surface area contributed by atoms with E-state index in [0.717, 1.165) is 17.4 Å². The third kappa shape index (κ3) is 3.02. The number of fused-ring (bicyclic) bond motifs is 1. The molecule has 3 aromatic rings. The van der Waals surface area contributed by atoms with Gasteiger partial charge in [-0.1, -0.05) is 17.3 Å². The summed E-state index contributed by atoms with van der Waals surface area (Å²) in [6.45, 7) is -0.0981. The van der Waals surface area contributed by atoms with Crippen LogP contribution in [0.15, 0.2) is 29.8 Å². The number of thiazole rings is 1. The molecule has 1 aromatic carbocycles. The van der Waals surface area contributed by atoms with E-state index in [-0.39, 0.29) is 23.4 Å². The number of rotatable bonds is 3. The van der Waals surface area contributed by atoms with Crippen LogP contribution in [0.3, 0.4) is 0 Å². The van der Waals surface area contributed by atoms with Crippen molar-refractivity contribution in [2.75, 3.05) is 0 Å². The fourth-order valence-electron chi connectivity index (χ4n) is 2.05. The van der Waals surface area contributed by atoms with E-state index in [9.17, 15) is 13.6 Å². The molecule has 2 heterocycles. The summed E-state index contributed by atoms with van der Waals surface area (Å²) in [5.74, 6) is 0.411. The Morgan fingerprint density at radius 2 is 2.26 bits per heavy atom. The Labute approximate surface area is 132 Å². The number of amides is 1. The van der Waals surface area contributed by atoms with E-state index >= 15 is 0 Å². The molecule has 0 spiro atoms. The van der Waals surface area contributed by atoms with Crippen LogP contribution < -0.4 is 4.80 Å². The molecule has 0 aliphatic carbocycles. The molecule has 0 bridgehead atoms. The first-order valence-electron chi connectivity index (χ1n) is 6.40. The van der Waals surface area contributed by atoms with Crippen molar-refractivity contribution in [2.24, 2.45) is 4.99 Å². The summed E-state index contributed by atoms with van der Waals surface area (Å²) in [6.07, 6.45) is 7.96. The summed E-state index contributed by atoms with van der Waals surface area (Å²) >= 11 is 0.988. The number of carbonyl (C=O) groups excluding carboxylic acids is 1. The summed E-state index contributed by atoms with van der Waals surface area (Å²) in [6, 6.07) is 1.94. The Balaban J connectivity index is 2.11. The summed E-state index contributed by atoms with van der Waals surface area (Å²) in [4.78, 5) is 19.8. The Kier molecular flexibility index (Phi) is 3.99. The highest BCUT2D eigenvalue weighted by molar-refractivity contribution is 7.16. The SMILES string of the molecule is C#CCn1c(=NC(=O)Cn2cncn2)sc2cc(F)cc(F)c21. The van der Waals surface area contributed by atoms with Crippen molar-refractivity contribution in [1.82, 2.24) is 19.3 Å². The quantitative estimate of drug-likeness (QED) is 0.679. The predicted octanol–water partition coefficient (Wildman–Crippen LogP) is 1.33. The van der Waals surface area contributed by atoms with Gasteiger partial charge in [0.25, 0.3) is 5.91 Å². The van der Waals surface area contributed by atoms with Crippen LogP contribution in [0.4, 0.5) is 8.78 Å². The standard InChI is InChI=1S/C14H9F2N5OS/c1-2-3-21-13-10(16)4-9(15)5-11(13)23-14(21)19-12(22)6-20-8-17-7-18-20/h1,4-5,7-8H,3,6H2. The lowest BCUT2D eigenvalue weighted by Crippen LogP contribution is -2.19. The lowest BCUT2D eigenvalue weighted by Gasteiger charge is -2.01. The third-order valence-corrected chi connectivity index (χ3v) is 3.95.